The van der Waals surface area contributed by atoms with Crippen molar-refractivity contribution in [3.05, 3.63) is 65.1 Å². The van der Waals surface area contributed by atoms with Crippen LogP contribution in [0.2, 0.25) is 0 Å². The molecule has 0 bridgehead atoms. The molecule has 0 aliphatic rings. The lowest BCUT2D eigenvalue weighted by Crippen LogP contribution is -2.20. The summed E-state index contributed by atoms with van der Waals surface area (Å²) in [5.74, 6) is 1.89. The van der Waals surface area contributed by atoms with Gasteiger partial charge in [-0.25, -0.2) is 4.98 Å². The van der Waals surface area contributed by atoms with Crippen molar-refractivity contribution in [3.63, 3.8) is 0 Å². The first-order chi connectivity index (χ1) is 11.1. The standard InChI is InChI=1S/C18H22N4O/c1-13-18(14(2)23-20-13)12-21(4)11-17-10-19-15(3)22(17)16-8-6-5-7-9-16/h5-10H,11-12H2,1-4H3. The molecule has 0 amide bonds. The van der Waals surface area contributed by atoms with Crippen LogP contribution in [0.4, 0.5) is 0 Å². The Morgan fingerprint density at radius 2 is 1.83 bits per heavy atom. The van der Waals surface area contributed by atoms with Crippen molar-refractivity contribution in [3.8, 4) is 5.69 Å². The fourth-order valence-corrected chi connectivity index (χ4v) is 2.86. The van der Waals surface area contributed by atoms with Crippen LogP contribution in [0.1, 0.15) is 28.5 Å². The van der Waals surface area contributed by atoms with Crippen LogP contribution in [-0.4, -0.2) is 26.7 Å². The Morgan fingerprint density at radius 3 is 2.48 bits per heavy atom. The van der Waals surface area contributed by atoms with Crippen LogP contribution in [0, 0.1) is 20.8 Å². The van der Waals surface area contributed by atoms with Gasteiger partial charge in [0.15, 0.2) is 0 Å². The molecule has 0 unspecified atom stereocenters. The molecule has 0 saturated carbocycles. The first-order valence-electron chi connectivity index (χ1n) is 7.75. The molecule has 0 atom stereocenters. The van der Waals surface area contributed by atoms with Gasteiger partial charge in [-0.1, -0.05) is 23.4 Å². The van der Waals surface area contributed by atoms with E-state index in [0.29, 0.717) is 0 Å². The largest absolute Gasteiger partial charge is 0.361 e. The summed E-state index contributed by atoms with van der Waals surface area (Å²) in [5.41, 5.74) is 4.43. The fraction of sp³-hybridized carbons (Fsp3) is 0.333. The zero-order valence-corrected chi connectivity index (χ0v) is 14.1. The average Bonchev–Trinajstić information content (AvgIpc) is 3.05. The molecule has 0 fully saturated rings. The van der Waals surface area contributed by atoms with Crippen molar-refractivity contribution in [2.24, 2.45) is 0 Å². The molecule has 3 rings (SSSR count). The van der Waals surface area contributed by atoms with Gasteiger partial charge in [0, 0.05) is 24.3 Å². The van der Waals surface area contributed by atoms with Crippen LogP contribution in [0.25, 0.3) is 5.69 Å². The number of para-hydroxylation sites is 1. The molecule has 0 saturated heterocycles. The summed E-state index contributed by atoms with van der Waals surface area (Å²) in [4.78, 5) is 6.74. The van der Waals surface area contributed by atoms with E-state index < -0.39 is 0 Å². The van der Waals surface area contributed by atoms with Crippen molar-refractivity contribution in [1.29, 1.82) is 0 Å². The molecule has 5 heteroatoms. The predicted octanol–water partition coefficient (Wildman–Crippen LogP) is 3.42. The summed E-state index contributed by atoms with van der Waals surface area (Å²) in [6.45, 7) is 7.59. The lowest BCUT2D eigenvalue weighted by molar-refractivity contribution is 0.309. The third-order valence-electron chi connectivity index (χ3n) is 4.07. The number of hydrogen-bond acceptors (Lipinski definition) is 4. The second-order valence-corrected chi connectivity index (χ2v) is 5.94. The fourth-order valence-electron chi connectivity index (χ4n) is 2.86. The number of rotatable bonds is 5. The minimum Gasteiger partial charge on any atom is -0.361 e. The van der Waals surface area contributed by atoms with Gasteiger partial charge < -0.3 is 4.52 Å². The zero-order valence-electron chi connectivity index (χ0n) is 14.1. The van der Waals surface area contributed by atoms with Gasteiger partial charge in [0.05, 0.1) is 17.6 Å². The molecule has 0 radical (unpaired) electrons. The first kappa shape index (κ1) is 15.5. The summed E-state index contributed by atoms with van der Waals surface area (Å²) < 4.78 is 7.45. The molecule has 1 aromatic carbocycles. The van der Waals surface area contributed by atoms with E-state index in [9.17, 15) is 0 Å². The predicted molar refractivity (Wildman–Crippen MR) is 89.4 cm³/mol. The highest BCUT2D eigenvalue weighted by Crippen LogP contribution is 2.18. The van der Waals surface area contributed by atoms with Crippen molar-refractivity contribution in [2.75, 3.05) is 7.05 Å². The van der Waals surface area contributed by atoms with Gasteiger partial charge >= 0.3 is 0 Å². The molecule has 0 aliphatic heterocycles. The number of aromatic nitrogens is 3. The van der Waals surface area contributed by atoms with Crippen LogP contribution < -0.4 is 0 Å². The van der Waals surface area contributed by atoms with Crippen LogP contribution in [-0.2, 0) is 13.1 Å². The quantitative estimate of drug-likeness (QED) is 0.724. The highest BCUT2D eigenvalue weighted by Gasteiger charge is 2.14. The third-order valence-corrected chi connectivity index (χ3v) is 4.07. The van der Waals surface area contributed by atoms with E-state index in [1.165, 1.54) is 5.69 Å². The number of aryl methyl sites for hydroxylation is 3. The number of hydrogen-bond donors (Lipinski definition) is 0. The number of nitrogens with zero attached hydrogens (tertiary/aromatic N) is 4. The van der Waals surface area contributed by atoms with Crippen molar-refractivity contribution in [2.45, 2.75) is 33.9 Å². The Labute approximate surface area is 136 Å². The zero-order chi connectivity index (χ0) is 16.4. The van der Waals surface area contributed by atoms with Gasteiger partial charge in [-0.3, -0.25) is 9.47 Å². The number of imidazole rings is 1. The maximum Gasteiger partial charge on any atom is 0.138 e. The Balaban J connectivity index is 1.81. The Hall–Kier alpha value is -2.40. The monoisotopic (exact) mass is 310 g/mol. The molecular formula is C18H22N4O. The van der Waals surface area contributed by atoms with Crippen molar-refractivity contribution < 1.29 is 4.52 Å². The van der Waals surface area contributed by atoms with E-state index in [4.69, 9.17) is 4.52 Å². The van der Waals surface area contributed by atoms with Crippen molar-refractivity contribution >= 4 is 0 Å². The lowest BCUT2D eigenvalue weighted by Gasteiger charge is -2.18. The number of benzene rings is 1. The summed E-state index contributed by atoms with van der Waals surface area (Å²) in [6.07, 6.45) is 1.95. The SMILES string of the molecule is Cc1noc(C)c1CN(C)Cc1cnc(C)n1-c1ccccc1. The van der Waals surface area contributed by atoms with E-state index in [1.807, 2.05) is 45.2 Å². The maximum atomic E-state index is 5.25. The summed E-state index contributed by atoms with van der Waals surface area (Å²) in [5, 5.41) is 4.03. The van der Waals surface area contributed by atoms with E-state index in [0.717, 1.165) is 41.6 Å². The van der Waals surface area contributed by atoms with E-state index in [1.54, 1.807) is 0 Å². The smallest absolute Gasteiger partial charge is 0.138 e. The van der Waals surface area contributed by atoms with E-state index in [-0.39, 0.29) is 0 Å². The van der Waals surface area contributed by atoms with Gasteiger partial charge in [0.25, 0.3) is 0 Å². The Bertz CT molecular complexity index is 769. The van der Waals surface area contributed by atoms with Gasteiger partial charge in [-0.15, -0.1) is 0 Å². The second-order valence-electron chi connectivity index (χ2n) is 5.94. The Morgan fingerprint density at radius 1 is 1.09 bits per heavy atom. The van der Waals surface area contributed by atoms with Crippen molar-refractivity contribution in [1.82, 2.24) is 19.6 Å². The summed E-state index contributed by atoms with van der Waals surface area (Å²) >= 11 is 0. The molecule has 3 aromatic rings. The maximum absolute atomic E-state index is 5.25. The molecule has 2 aromatic heterocycles. The van der Waals surface area contributed by atoms with Crippen LogP contribution in [0.5, 0.6) is 0 Å². The normalized spacial score (nSPS) is 11.3. The average molecular weight is 310 g/mol. The second kappa shape index (κ2) is 6.38. The van der Waals surface area contributed by atoms with Crippen LogP contribution in [0.15, 0.2) is 41.1 Å². The molecule has 120 valence electrons. The molecule has 0 aliphatic carbocycles. The minimum absolute atomic E-state index is 0.805. The topological polar surface area (TPSA) is 47.1 Å². The van der Waals surface area contributed by atoms with Gasteiger partial charge in [-0.2, -0.15) is 0 Å². The van der Waals surface area contributed by atoms with Crippen LogP contribution in [0.3, 0.4) is 0 Å². The molecule has 5 nitrogen and oxygen atoms in total. The van der Waals surface area contributed by atoms with Gasteiger partial charge in [0.2, 0.25) is 0 Å². The van der Waals surface area contributed by atoms with Crippen LogP contribution >= 0.6 is 0 Å². The Kier molecular flexibility index (Phi) is 4.30. The molecule has 2 heterocycles. The summed E-state index contributed by atoms with van der Waals surface area (Å²) in [6, 6.07) is 10.3. The highest BCUT2D eigenvalue weighted by molar-refractivity contribution is 5.35. The minimum atomic E-state index is 0.805. The van der Waals surface area contributed by atoms with E-state index in [2.05, 4.69) is 38.8 Å². The molecule has 0 spiro atoms. The molecule has 0 N–H and O–H groups in total. The highest BCUT2D eigenvalue weighted by atomic mass is 16.5. The van der Waals surface area contributed by atoms with Gasteiger partial charge in [-0.05, 0) is 40.0 Å². The lowest BCUT2D eigenvalue weighted by atomic mass is 10.2. The molecule has 23 heavy (non-hydrogen) atoms. The van der Waals surface area contributed by atoms with E-state index >= 15 is 0 Å². The first-order valence-corrected chi connectivity index (χ1v) is 7.75. The third kappa shape index (κ3) is 3.19. The van der Waals surface area contributed by atoms with Gasteiger partial charge in [0.1, 0.15) is 11.6 Å². The summed E-state index contributed by atoms with van der Waals surface area (Å²) in [7, 11) is 2.10. The molecular weight excluding hydrogens is 288 g/mol.